The number of hydrogen-bond donors (Lipinski definition) is 1. The third-order valence-corrected chi connectivity index (χ3v) is 5.33. The molecule has 0 aliphatic carbocycles. The summed E-state index contributed by atoms with van der Waals surface area (Å²) in [6.07, 6.45) is 1.44. The van der Waals surface area contributed by atoms with Gasteiger partial charge in [0.2, 0.25) is 5.91 Å². The van der Waals surface area contributed by atoms with Crippen molar-refractivity contribution >= 4 is 17.7 Å². The number of anilines is 1. The minimum absolute atomic E-state index is 0.00292. The highest BCUT2D eigenvalue weighted by molar-refractivity contribution is 5.94. The molecule has 1 atom stereocenters. The largest absolute Gasteiger partial charge is 0.468 e. The summed E-state index contributed by atoms with van der Waals surface area (Å²) in [6.45, 7) is 4.20. The van der Waals surface area contributed by atoms with Crippen molar-refractivity contribution in [1.29, 1.82) is 5.26 Å². The molecule has 3 rings (SSSR count). The van der Waals surface area contributed by atoms with Crippen LogP contribution < -0.4 is 5.32 Å². The molecule has 1 amide bonds. The van der Waals surface area contributed by atoms with Crippen molar-refractivity contribution in [1.82, 2.24) is 9.47 Å². The summed E-state index contributed by atoms with van der Waals surface area (Å²) in [4.78, 5) is 26.4. The van der Waals surface area contributed by atoms with Crippen LogP contribution in [0.5, 0.6) is 0 Å². The first kappa shape index (κ1) is 20.6. The number of likely N-dealkylation sites (tertiary alicyclic amines) is 1. The number of carbonyl (C=O) groups excluding carboxylic acids is 2. The molecule has 1 unspecified atom stereocenters. The molecule has 1 saturated heterocycles. The van der Waals surface area contributed by atoms with Crippen LogP contribution in [0.1, 0.15) is 29.7 Å². The van der Waals surface area contributed by atoms with E-state index in [-0.39, 0.29) is 18.4 Å². The van der Waals surface area contributed by atoms with Gasteiger partial charge in [-0.25, -0.2) is 4.39 Å². The van der Waals surface area contributed by atoms with Gasteiger partial charge in [-0.05, 0) is 57.0 Å². The second kappa shape index (κ2) is 8.45. The van der Waals surface area contributed by atoms with E-state index in [4.69, 9.17) is 4.74 Å². The highest BCUT2D eigenvalue weighted by Gasteiger charge is 2.33. The van der Waals surface area contributed by atoms with Crippen LogP contribution >= 0.6 is 0 Å². The van der Waals surface area contributed by atoms with Gasteiger partial charge in [-0.3, -0.25) is 19.1 Å². The van der Waals surface area contributed by atoms with Gasteiger partial charge < -0.3 is 10.1 Å². The van der Waals surface area contributed by atoms with Crippen LogP contribution in [0.25, 0.3) is 5.69 Å². The molecule has 1 aromatic carbocycles. The van der Waals surface area contributed by atoms with Gasteiger partial charge in [-0.15, -0.1) is 0 Å². The molecule has 1 aliphatic rings. The Kier molecular flexibility index (Phi) is 5.99. The van der Waals surface area contributed by atoms with Gasteiger partial charge in [0, 0.05) is 5.69 Å². The van der Waals surface area contributed by atoms with Gasteiger partial charge in [-0.2, -0.15) is 5.26 Å². The number of nitrogens with zero attached hydrogens (tertiary/aromatic N) is 3. The molecule has 8 heteroatoms. The zero-order chi connectivity index (χ0) is 21.1. The average molecular weight is 398 g/mol. The minimum atomic E-state index is -0.445. The van der Waals surface area contributed by atoms with Crippen molar-refractivity contribution < 1.29 is 18.7 Å². The Hall–Kier alpha value is -3.18. The summed E-state index contributed by atoms with van der Waals surface area (Å²) in [6, 6.07) is 7.64. The van der Waals surface area contributed by atoms with Gasteiger partial charge in [-0.1, -0.05) is 6.07 Å². The molecule has 2 heterocycles. The number of carbonyl (C=O) groups is 2. The number of esters is 1. The molecule has 0 saturated carbocycles. The zero-order valence-electron chi connectivity index (χ0n) is 16.7. The van der Waals surface area contributed by atoms with Gasteiger partial charge in [0.05, 0.1) is 24.9 Å². The number of ether oxygens (including phenoxy) is 1. The second-order valence-corrected chi connectivity index (χ2v) is 7.06. The quantitative estimate of drug-likeness (QED) is 0.783. The van der Waals surface area contributed by atoms with E-state index in [2.05, 4.69) is 11.4 Å². The number of aromatic nitrogens is 1. The summed E-state index contributed by atoms with van der Waals surface area (Å²) in [5.74, 6) is -0.829. The van der Waals surface area contributed by atoms with Gasteiger partial charge in [0.1, 0.15) is 23.7 Å². The van der Waals surface area contributed by atoms with E-state index < -0.39 is 11.9 Å². The summed E-state index contributed by atoms with van der Waals surface area (Å²) in [7, 11) is 1.33. The minimum Gasteiger partial charge on any atom is -0.468 e. The maximum atomic E-state index is 13.8. The highest BCUT2D eigenvalue weighted by Crippen LogP contribution is 2.30. The average Bonchev–Trinajstić information content (AvgIpc) is 3.24. The molecule has 152 valence electrons. The fraction of sp³-hybridized carbons (Fsp3) is 0.381. The second-order valence-electron chi connectivity index (χ2n) is 7.06. The molecular weight excluding hydrogens is 375 g/mol. The number of halogens is 1. The van der Waals surface area contributed by atoms with Crippen LogP contribution in [-0.2, 0) is 14.3 Å². The van der Waals surface area contributed by atoms with E-state index in [0.29, 0.717) is 35.6 Å². The lowest BCUT2D eigenvalue weighted by molar-refractivity contribution is -0.146. The van der Waals surface area contributed by atoms with Crippen molar-refractivity contribution in [3.63, 3.8) is 0 Å². The number of amides is 1. The molecule has 7 nitrogen and oxygen atoms in total. The number of nitrogens with one attached hydrogen (secondary N) is 1. The monoisotopic (exact) mass is 398 g/mol. The predicted octanol–water partition coefficient (Wildman–Crippen LogP) is 2.68. The summed E-state index contributed by atoms with van der Waals surface area (Å²) < 4.78 is 20.3. The van der Waals surface area contributed by atoms with Crippen LogP contribution in [0.15, 0.2) is 24.3 Å². The number of methoxy groups -OCH3 is 1. The normalized spacial score (nSPS) is 16.4. The lowest BCUT2D eigenvalue weighted by Crippen LogP contribution is -2.41. The molecule has 0 bridgehead atoms. The van der Waals surface area contributed by atoms with Crippen LogP contribution in [0, 0.1) is 31.0 Å². The van der Waals surface area contributed by atoms with E-state index >= 15 is 0 Å². The first-order valence-corrected chi connectivity index (χ1v) is 9.37. The Balaban J connectivity index is 1.90. The molecule has 29 heavy (non-hydrogen) atoms. The predicted molar refractivity (Wildman–Crippen MR) is 105 cm³/mol. The van der Waals surface area contributed by atoms with Crippen LogP contribution in [-0.4, -0.2) is 47.6 Å². The third-order valence-electron chi connectivity index (χ3n) is 5.33. The van der Waals surface area contributed by atoms with Gasteiger partial charge >= 0.3 is 5.97 Å². The van der Waals surface area contributed by atoms with Gasteiger partial charge in [0.25, 0.3) is 0 Å². The molecule has 1 aromatic heterocycles. The van der Waals surface area contributed by atoms with E-state index in [1.165, 1.54) is 19.2 Å². The summed E-state index contributed by atoms with van der Waals surface area (Å²) in [5.41, 5.74) is 2.28. The lowest BCUT2D eigenvalue weighted by atomic mass is 10.2. The number of hydrogen-bond acceptors (Lipinski definition) is 5. The van der Waals surface area contributed by atoms with E-state index in [0.717, 1.165) is 12.1 Å². The molecular formula is C21H23FN4O3. The van der Waals surface area contributed by atoms with Crippen LogP contribution in [0.2, 0.25) is 0 Å². The fourth-order valence-electron chi connectivity index (χ4n) is 3.77. The van der Waals surface area contributed by atoms with Crippen molar-refractivity contribution in [3.05, 3.63) is 46.9 Å². The maximum Gasteiger partial charge on any atom is 0.323 e. The summed E-state index contributed by atoms with van der Waals surface area (Å²) in [5, 5.41) is 12.4. The lowest BCUT2D eigenvalue weighted by Gasteiger charge is -2.22. The number of nitriles is 1. The van der Waals surface area contributed by atoms with Crippen molar-refractivity contribution in [3.8, 4) is 11.8 Å². The first-order chi connectivity index (χ1) is 13.9. The molecule has 1 fully saturated rings. The maximum absolute atomic E-state index is 13.8. The topological polar surface area (TPSA) is 87.4 Å². The third kappa shape index (κ3) is 4.00. The number of benzene rings is 1. The SMILES string of the molecule is COC(=O)C1CCCN1CC(=O)Nc1c(C#N)c(C)c(C)n1-c1cccc(F)c1. The number of rotatable bonds is 5. The Bertz CT molecular complexity index is 993. The van der Waals surface area contributed by atoms with Crippen molar-refractivity contribution in [2.75, 3.05) is 25.5 Å². The van der Waals surface area contributed by atoms with Crippen LogP contribution in [0.4, 0.5) is 10.2 Å². The smallest absolute Gasteiger partial charge is 0.323 e. The van der Waals surface area contributed by atoms with E-state index in [1.54, 1.807) is 28.5 Å². The van der Waals surface area contributed by atoms with Crippen LogP contribution in [0.3, 0.4) is 0 Å². The van der Waals surface area contributed by atoms with Crippen molar-refractivity contribution in [2.24, 2.45) is 0 Å². The van der Waals surface area contributed by atoms with E-state index in [9.17, 15) is 19.2 Å². The molecule has 2 aromatic rings. The zero-order valence-corrected chi connectivity index (χ0v) is 16.7. The molecule has 0 radical (unpaired) electrons. The molecule has 1 N–H and O–H groups in total. The first-order valence-electron chi connectivity index (χ1n) is 9.37. The Labute approximate surface area is 168 Å². The van der Waals surface area contributed by atoms with Crippen molar-refractivity contribution in [2.45, 2.75) is 32.7 Å². The molecule has 0 spiro atoms. The fourth-order valence-corrected chi connectivity index (χ4v) is 3.77. The Morgan fingerprint density at radius 1 is 1.38 bits per heavy atom. The standard InChI is InChI=1S/C21H23FN4O3/c1-13-14(2)26(16-7-4-6-15(22)10-16)20(17(13)11-23)24-19(27)12-25-9-5-8-18(25)21(28)29-3/h4,6-7,10,18H,5,8-9,12H2,1-3H3,(H,24,27). The Morgan fingerprint density at radius 2 is 2.14 bits per heavy atom. The molecule has 1 aliphatic heterocycles. The van der Waals surface area contributed by atoms with E-state index in [1.807, 2.05) is 6.92 Å². The summed E-state index contributed by atoms with van der Waals surface area (Å²) >= 11 is 0. The highest BCUT2D eigenvalue weighted by atomic mass is 19.1. The van der Waals surface area contributed by atoms with Gasteiger partial charge in [0.15, 0.2) is 0 Å². The Morgan fingerprint density at radius 3 is 2.79 bits per heavy atom.